The summed E-state index contributed by atoms with van der Waals surface area (Å²) in [5, 5.41) is 2.57. The number of ketones is 1. The van der Waals surface area contributed by atoms with Gasteiger partial charge in [0.2, 0.25) is 17.7 Å². The summed E-state index contributed by atoms with van der Waals surface area (Å²) < 4.78 is 0. The normalized spacial score (nSPS) is 19.2. The van der Waals surface area contributed by atoms with E-state index < -0.39 is 0 Å². The van der Waals surface area contributed by atoms with Crippen LogP contribution in [-0.2, 0) is 19.2 Å². The Bertz CT molecular complexity index is 378. The molecule has 1 unspecified atom stereocenters. The molecule has 0 aromatic rings. The monoisotopic (exact) mass is 254 g/mol. The summed E-state index contributed by atoms with van der Waals surface area (Å²) in [6.45, 7) is 3.57. The second kappa shape index (κ2) is 6.28. The lowest BCUT2D eigenvalue weighted by Gasteiger charge is -2.13. The number of carbonyl (C=O) groups is 4. The van der Waals surface area contributed by atoms with Gasteiger partial charge in [0, 0.05) is 38.3 Å². The third-order valence-electron chi connectivity index (χ3n) is 2.83. The van der Waals surface area contributed by atoms with Crippen LogP contribution in [0.2, 0.25) is 0 Å². The average molecular weight is 254 g/mol. The largest absolute Gasteiger partial charge is 0.356 e. The fourth-order valence-electron chi connectivity index (χ4n) is 1.76. The van der Waals surface area contributed by atoms with Gasteiger partial charge in [0.25, 0.3) is 0 Å². The van der Waals surface area contributed by atoms with Gasteiger partial charge in [-0.15, -0.1) is 0 Å². The average Bonchev–Trinajstić information content (AvgIpc) is 2.50. The van der Waals surface area contributed by atoms with Crippen molar-refractivity contribution in [2.45, 2.75) is 33.1 Å². The first-order valence-corrected chi connectivity index (χ1v) is 6.02. The highest BCUT2D eigenvalue weighted by atomic mass is 16.2. The van der Waals surface area contributed by atoms with Crippen molar-refractivity contribution in [1.82, 2.24) is 10.2 Å². The molecule has 3 amide bonds. The lowest BCUT2D eigenvalue weighted by Crippen LogP contribution is -2.35. The lowest BCUT2D eigenvalue weighted by atomic mass is 10.1. The topological polar surface area (TPSA) is 83.6 Å². The highest BCUT2D eigenvalue weighted by molar-refractivity contribution is 6.03. The van der Waals surface area contributed by atoms with E-state index in [9.17, 15) is 19.2 Å². The highest BCUT2D eigenvalue weighted by Gasteiger charge is 2.35. The summed E-state index contributed by atoms with van der Waals surface area (Å²) in [6, 6.07) is 0. The van der Waals surface area contributed by atoms with Crippen LogP contribution in [0.4, 0.5) is 0 Å². The summed E-state index contributed by atoms with van der Waals surface area (Å²) in [4.78, 5) is 46.2. The number of likely N-dealkylation sites (tertiary alicyclic amines) is 1. The third kappa shape index (κ3) is 3.94. The van der Waals surface area contributed by atoms with Crippen molar-refractivity contribution in [3.63, 3.8) is 0 Å². The number of amides is 3. The predicted molar refractivity (Wildman–Crippen MR) is 63.4 cm³/mol. The Labute approximate surface area is 106 Å². The number of nitrogens with zero attached hydrogens (tertiary/aromatic N) is 1. The van der Waals surface area contributed by atoms with Crippen molar-refractivity contribution >= 4 is 23.5 Å². The number of rotatable bonds is 6. The first-order valence-electron chi connectivity index (χ1n) is 6.02. The molecule has 1 heterocycles. The Kier molecular flexibility index (Phi) is 5.00. The lowest BCUT2D eigenvalue weighted by molar-refractivity contribution is -0.139. The minimum absolute atomic E-state index is 0.00835. The van der Waals surface area contributed by atoms with Gasteiger partial charge in [0.15, 0.2) is 0 Å². The standard InChI is InChI=1S/C12H18N2O4/c1-8-7-11(17)14(12(8)18)6-4-10(16)13-5-3-9(2)15/h8H,3-7H2,1-2H3,(H,13,16). The molecule has 1 atom stereocenters. The second-order valence-electron chi connectivity index (χ2n) is 4.54. The minimum atomic E-state index is -0.279. The molecule has 1 fully saturated rings. The molecule has 0 bridgehead atoms. The summed E-state index contributed by atoms with van der Waals surface area (Å²) in [7, 11) is 0. The van der Waals surface area contributed by atoms with E-state index in [-0.39, 0.29) is 48.8 Å². The van der Waals surface area contributed by atoms with E-state index in [0.29, 0.717) is 13.0 Å². The molecule has 1 aliphatic heterocycles. The minimum Gasteiger partial charge on any atom is -0.356 e. The van der Waals surface area contributed by atoms with Crippen LogP contribution in [0.3, 0.4) is 0 Å². The van der Waals surface area contributed by atoms with Crippen LogP contribution in [-0.4, -0.2) is 41.5 Å². The zero-order valence-corrected chi connectivity index (χ0v) is 10.7. The van der Waals surface area contributed by atoms with Crippen molar-refractivity contribution in [3.8, 4) is 0 Å². The number of hydrogen-bond acceptors (Lipinski definition) is 4. The van der Waals surface area contributed by atoms with Crippen molar-refractivity contribution in [3.05, 3.63) is 0 Å². The molecule has 6 nitrogen and oxygen atoms in total. The van der Waals surface area contributed by atoms with Crippen molar-refractivity contribution in [1.29, 1.82) is 0 Å². The summed E-state index contributed by atoms with van der Waals surface area (Å²) in [5.41, 5.74) is 0. The number of nitrogens with one attached hydrogen (secondary N) is 1. The fraction of sp³-hybridized carbons (Fsp3) is 0.667. The summed E-state index contributed by atoms with van der Waals surface area (Å²) in [5.74, 6) is -0.954. The molecule has 1 saturated heterocycles. The molecule has 100 valence electrons. The molecule has 0 aliphatic carbocycles. The van der Waals surface area contributed by atoms with Crippen LogP contribution in [0.5, 0.6) is 0 Å². The smallest absolute Gasteiger partial charge is 0.232 e. The van der Waals surface area contributed by atoms with Gasteiger partial charge < -0.3 is 5.32 Å². The maximum Gasteiger partial charge on any atom is 0.232 e. The number of Topliss-reactive ketones (excluding diaryl/α,β-unsaturated/α-hetero) is 1. The fourth-order valence-corrected chi connectivity index (χ4v) is 1.76. The first kappa shape index (κ1) is 14.3. The number of carbonyl (C=O) groups excluding carboxylic acids is 4. The van der Waals surface area contributed by atoms with E-state index in [1.54, 1.807) is 6.92 Å². The molecular formula is C12H18N2O4. The molecule has 0 aromatic carbocycles. The molecule has 1 aliphatic rings. The van der Waals surface area contributed by atoms with Crippen molar-refractivity contribution in [2.75, 3.05) is 13.1 Å². The number of imide groups is 1. The van der Waals surface area contributed by atoms with Gasteiger partial charge in [-0.2, -0.15) is 0 Å². The molecule has 1 rings (SSSR count). The molecule has 6 heteroatoms. The van der Waals surface area contributed by atoms with Crippen molar-refractivity contribution in [2.24, 2.45) is 5.92 Å². The van der Waals surface area contributed by atoms with Crippen LogP contribution in [0, 0.1) is 5.92 Å². The summed E-state index contributed by atoms with van der Waals surface area (Å²) >= 11 is 0. The van der Waals surface area contributed by atoms with Crippen LogP contribution < -0.4 is 5.32 Å². The Balaban J connectivity index is 2.28. The van der Waals surface area contributed by atoms with E-state index in [4.69, 9.17) is 0 Å². The van der Waals surface area contributed by atoms with Gasteiger partial charge in [-0.3, -0.25) is 24.1 Å². The predicted octanol–water partition coefficient (Wildman–Crippen LogP) is -0.133. The Morgan fingerprint density at radius 1 is 1.33 bits per heavy atom. The van der Waals surface area contributed by atoms with Gasteiger partial charge in [0.05, 0.1) is 0 Å². The molecule has 0 spiro atoms. The van der Waals surface area contributed by atoms with E-state index in [1.165, 1.54) is 6.92 Å². The van der Waals surface area contributed by atoms with E-state index in [2.05, 4.69) is 5.32 Å². The molecular weight excluding hydrogens is 236 g/mol. The maximum absolute atomic E-state index is 11.6. The quantitative estimate of drug-likeness (QED) is 0.669. The Morgan fingerprint density at radius 3 is 2.50 bits per heavy atom. The highest BCUT2D eigenvalue weighted by Crippen LogP contribution is 2.18. The second-order valence-corrected chi connectivity index (χ2v) is 4.54. The van der Waals surface area contributed by atoms with E-state index in [0.717, 1.165) is 4.90 Å². The molecule has 18 heavy (non-hydrogen) atoms. The zero-order valence-electron chi connectivity index (χ0n) is 10.7. The Morgan fingerprint density at radius 2 is 2.00 bits per heavy atom. The molecule has 0 aromatic heterocycles. The zero-order chi connectivity index (χ0) is 13.7. The third-order valence-corrected chi connectivity index (χ3v) is 2.83. The Hall–Kier alpha value is -1.72. The summed E-state index contributed by atoms with van der Waals surface area (Å²) in [6.07, 6.45) is 0.608. The molecule has 0 saturated carbocycles. The SMILES string of the molecule is CC(=O)CCNC(=O)CCN1C(=O)CC(C)C1=O. The molecule has 1 N–H and O–H groups in total. The maximum atomic E-state index is 11.6. The van der Waals surface area contributed by atoms with Crippen molar-refractivity contribution < 1.29 is 19.2 Å². The van der Waals surface area contributed by atoms with Gasteiger partial charge in [-0.05, 0) is 6.92 Å². The van der Waals surface area contributed by atoms with E-state index in [1.807, 2.05) is 0 Å². The van der Waals surface area contributed by atoms with E-state index >= 15 is 0 Å². The van der Waals surface area contributed by atoms with Gasteiger partial charge in [-0.1, -0.05) is 6.92 Å². The van der Waals surface area contributed by atoms with Gasteiger partial charge in [-0.25, -0.2) is 0 Å². The van der Waals surface area contributed by atoms with Crippen LogP contribution in [0.1, 0.15) is 33.1 Å². The number of hydrogen-bond donors (Lipinski definition) is 1. The van der Waals surface area contributed by atoms with Gasteiger partial charge >= 0.3 is 0 Å². The first-order chi connectivity index (χ1) is 8.41. The van der Waals surface area contributed by atoms with Crippen LogP contribution in [0.15, 0.2) is 0 Å². The molecule has 0 radical (unpaired) electrons. The van der Waals surface area contributed by atoms with Crippen LogP contribution in [0.25, 0.3) is 0 Å². The van der Waals surface area contributed by atoms with Crippen LogP contribution >= 0.6 is 0 Å². The van der Waals surface area contributed by atoms with Gasteiger partial charge in [0.1, 0.15) is 5.78 Å².